The predicted molar refractivity (Wildman–Crippen MR) is 66.0 cm³/mol. The van der Waals surface area contributed by atoms with Crippen LogP contribution in [0.4, 0.5) is 4.39 Å². The summed E-state index contributed by atoms with van der Waals surface area (Å²) in [5, 5.41) is 2.89. The summed E-state index contributed by atoms with van der Waals surface area (Å²) in [5.74, 6) is -0.327. The first kappa shape index (κ1) is 13.6. The number of benzene rings is 1. The molecule has 1 rings (SSSR count). The van der Waals surface area contributed by atoms with E-state index in [1.807, 2.05) is 6.92 Å². The van der Waals surface area contributed by atoms with Gasteiger partial charge in [0.25, 0.3) is 0 Å². The van der Waals surface area contributed by atoms with Gasteiger partial charge in [0.2, 0.25) is 5.91 Å². The Bertz CT molecular complexity index is 351. The third-order valence-electron chi connectivity index (χ3n) is 2.53. The van der Waals surface area contributed by atoms with E-state index in [-0.39, 0.29) is 24.2 Å². The van der Waals surface area contributed by atoms with E-state index in [0.29, 0.717) is 6.54 Å². The number of hydrogen-bond donors (Lipinski definition) is 2. The molecular weight excluding hydrogens is 219 g/mol. The van der Waals surface area contributed by atoms with Gasteiger partial charge in [0.15, 0.2) is 0 Å². The van der Waals surface area contributed by atoms with Crippen molar-refractivity contribution in [3.63, 3.8) is 0 Å². The molecule has 0 aromatic heterocycles. The van der Waals surface area contributed by atoms with E-state index in [0.717, 1.165) is 18.4 Å². The van der Waals surface area contributed by atoms with E-state index >= 15 is 0 Å². The molecule has 1 atom stereocenters. The van der Waals surface area contributed by atoms with Gasteiger partial charge < -0.3 is 11.1 Å². The average Bonchev–Trinajstić information content (AvgIpc) is 2.29. The van der Waals surface area contributed by atoms with E-state index in [1.54, 1.807) is 12.1 Å². The van der Waals surface area contributed by atoms with Gasteiger partial charge >= 0.3 is 0 Å². The third kappa shape index (κ3) is 5.45. The molecule has 0 aliphatic carbocycles. The highest BCUT2D eigenvalue weighted by atomic mass is 19.1. The zero-order valence-electron chi connectivity index (χ0n) is 10.1. The molecule has 0 saturated heterocycles. The molecule has 0 fully saturated rings. The molecule has 4 heteroatoms. The van der Waals surface area contributed by atoms with Gasteiger partial charge in [-0.15, -0.1) is 0 Å². The summed E-state index contributed by atoms with van der Waals surface area (Å²) >= 11 is 0. The topological polar surface area (TPSA) is 55.1 Å². The van der Waals surface area contributed by atoms with Crippen LogP contribution in [0.2, 0.25) is 0 Å². The fraction of sp³-hybridized carbons (Fsp3) is 0.462. The van der Waals surface area contributed by atoms with Gasteiger partial charge in [-0.2, -0.15) is 0 Å². The van der Waals surface area contributed by atoms with Crippen LogP contribution in [0, 0.1) is 5.82 Å². The minimum atomic E-state index is -0.287. The number of halogens is 1. The Morgan fingerprint density at radius 1 is 1.41 bits per heavy atom. The second-order valence-corrected chi connectivity index (χ2v) is 4.20. The summed E-state index contributed by atoms with van der Waals surface area (Å²) in [6.07, 6.45) is 2.07. The Morgan fingerprint density at radius 3 is 2.65 bits per heavy atom. The van der Waals surface area contributed by atoms with Gasteiger partial charge in [-0.25, -0.2) is 4.39 Å². The Morgan fingerprint density at radius 2 is 2.06 bits per heavy atom. The highest BCUT2D eigenvalue weighted by Gasteiger charge is 2.07. The summed E-state index contributed by atoms with van der Waals surface area (Å²) in [6, 6.07) is 6.10. The van der Waals surface area contributed by atoms with Crippen LogP contribution in [0.15, 0.2) is 24.3 Å². The Kier molecular flexibility index (Phi) is 5.63. The van der Waals surface area contributed by atoms with E-state index in [9.17, 15) is 9.18 Å². The van der Waals surface area contributed by atoms with E-state index < -0.39 is 0 Å². The Hall–Kier alpha value is -1.42. The molecule has 0 aliphatic rings. The van der Waals surface area contributed by atoms with Crippen LogP contribution in [0.3, 0.4) is 0 Å². The van der Waals surface area contributed by atoms with Crippen molar-refractivity contribution < 1.29 is 9.18 Å². The largest absolute Gasteiger partial charge is 0.353 e. The first-order valence-electron chi connectivity index (χ1n) is 5.85. The lowest BCUT2D eigenvalue weighted by atomic mass is 10.1. The highest BCUT2D eigenvalue weighted by molar-refractivity contribution is 5.78. The van der Waals surface area contributed by atoms with Crippen LogP contribution in [-0.2, 0) is 11.2 Å². The number of carbonyl (C=O) groups excluding carboxylic acids is 1. The molecule has 0 heterocycles. The summed E-state index contributed by atoms with van der Waals surface area (Å²) in [5.41, 5.74) is 6.21. The highest BCUT2D eigenvalue weighted by Crippen LogP contribution is 2.04. The third-order valence-corrected chi connectivity index (χ3v) is 2.53. The van der Waals surface area contributed by atoms with Crippen LogP contribution in [0.25, 0.3) is 0 Å². The molecule has 1 unspecified atom stereocenters. The molecule has 0 bridgehead atoms. The van der Waals surface area contributed by atoms with E-state index in [4.69, 9.17) is 5.73 Å². The van der Waals surface area contributed by atoms with Crippen LogP contribution >= 0.6 is 0 Å². The van der Waals surface area contributed by atoms with Crippen LogP contribution < -0.4 is 11.1 Å². The minimum Gasteiger partial charge on any atom is -0.353 e. The molecule has 94 valence electrons. The fourth-order valence-corrected chi connectivity index (χ4v) is 1.61. The molecule has 0 saturated carbocycles. The van der Waals surface area contributed by atoms with Gasteiger partial charge in [-0.3, -0.25) is 4.79 Å². The van der Waals surface area contributed by atoms with Crippen molar-refractivity contribution in [2.75, 3.05) is 6.54 Å². The summed E-state index contributed by atoms with van der Waals surface area (Å²) in [7, 11) is 0. The molecule has 0 spiro atoms. The maximum atomic E-state index is 12.7. The Labute approximate surface area is 101 Å². The first-order valence-corrected chi connectivity index (χ1v) is 5.85. The fourth-order valence-electron chi connectivity index (χ4n) is 1.61. The number of carbonyl (C=O) groups is 1. The lowest BCUT2D eigenvalue weighted by molar-refractivity contribution is -0.121. The van der Waals surface area contributed by atoms with Crippen LogP contribution in [0.5, 0.6) is 0 Å². The molecule has 1 aromatic carbocycles. The normalized spacial score (nSPS) is 12.2. The SMILES string of the molecule is CC(CCCN)NC(=O)Cc1ccc(F)cc1. The molecule has 1 aromatic rings. The van der Waals surface area contributed by atoms with Crippen molar-refractivity contribution in [2.24, 2.45) is 5.73 Å². The summed E-state index contributed by atoms with van der Waals surface area (Å²) in [6.45, 7) is 2.59. The number of nitrogens with two attached hydrogens (primary N) is 1. The second-order valence-electron chi connectivity index (χ2n) is 4.20. The second kappa shape index (κ2) is 7.01. The monoisotopic (exact) mass is 238 g/mol. The van der Waals surface area contributed by atoms with Gasteiger partial charge in [-0.1, -0.05) is 12.1 Å². The van der Waals surface area contributed by atoms with Crippen molar-refractivity contribution in [3.8, 4) is 0 Å². The standard InChI is InChI=1S/C13H19FN2O/c1-10(3-2-8-15)16-13(17)9-11-4-6-12(14)7-5-11/h4-7,10H,2-3,8-9,15H2,1H3,(H,16,17). The quantitative estimate of drug-likeness (QED) is 0.791. The number of hydrogen-bond acceptors (Lipinski definition) is 2. The zero-order valence-corrected chi connectivity index (χ0v) is 10.1. The lowest BCUT2D eigenvalue weighted by Gasteiger charge is -2.13. The molecule has 3 N–H and O–H groups in total. The molecule has 0 aliphatic heterocycles. The van der Waals surface area contributed by atoms with Gasteiger partial charge in [0, 0.05) is 6.04 Å². The predicted octanol–water partition coefficient (Wildman–Crippen LogP) is 1.61. The van der Waals surface area contributed by atoms with Crippen molar-refractivity contribution >= 4 is 5.91 Å². The maximum Gasteiger partial charge on any atom is 0.224 e. The number of amides is 1. The summed E-state index contributed by atoms with van der Waals surface area (Å²) < 4.78 is 12.7. The molecular formula is C13H19FN2O. The van der Waals surface area contributed by atoms with Gasteiger partial charge in [0.1, 0.15) is 5.82 Å². The molecule has 1 amide bonds. The first-order chi connectivity index (χ1) is 8.11. The molecule has 0 radical (unpaired) electrons. The van der Waals surface area contributed by atoms with Crippen molar-refractivity contribution in [1.29, 1.82) is 0 Å². The summed E-state index contributed by atoms with van der Waals surface area (Å²) in [4.78, 5) is 11.6. The van der Waals surface area contributed by atoms with Gasteiger partial charge in [0.05, 0.1) is 6.42 Å². The average molecular weight is 238 g/mol. The van der Waals surface area contributed by atoms with Crippen molar-refractivity contribution in [2.45, 2.75) is 32.2 Å². The molecule has 3 nitrogen and oxygen atoms in total. The maximum absolute atomic E-state index is 12.7. The van der Waals surface area contributed by atoms with Crippen molar-refractivity contribution in [1.82, 2.24) is 5.32 Å². The number of nitrogens with one attached hydrogen (secondary N) is 1. The van der Waals surface area contributed by atoms with Crippen LogP contribution in [0.1, 0.15) is 25.3 Å². The van der Waals surface area contributed by atoms with Crippen molar-refractivity contribution in [3.05, 3.63) is 35.6 Å². The zero-order chi connectivity index (χ0) is 12.7. The molecule has 17 heavy (non-hydrogen) atoms. The smallest absolute Gasteiger partial charge is 0.224 e. The number of rotatable bonds is 6. The lowest BCUT2D eigenvalue weighted by Crippen LogP contribution is -2.34. The minimum absolute atomic E-state index is 0.0406. The van der Waals surface area contributed by atoms with E-state index in [2.05, 4.69) is 5.32 Å². The van der Waals surface area contributed by atoms with Crippen LogP contribution in [-0.4, -0.2) is 18.5 Å². The van der Waals surface area contributed by atoms with E-state index in [1.165, 1.54) is 12.1 Å². The Balaban J connectivity index is 2.36. The van der Waals surface area contributed by atoms with Gasteiger partial charge in [-0.05, 0) is 44.0 Å².